The van der Waals surface area contributed by atoms with E-state index in [-0.39, 0.29) is 5.56 Å². The molecule has 0 aliphatic carbocycles. The monoisotopic (exact) mass is 377 g/mol. The molecule has 5 heteroatoms. The van der Waals surface area contributed by atoms with E-state index in [1.54, 1.807) is 41.0 Å². The first-order valence-electron chi connectivity index (χ1n) is 8.46. The summed E-state index contributed by atoms with van der Waals surface area (Å²) in [6.07, 6.45) is 0. The van der Waals surface area contributed by atoms with Crippen molar-refractivity contribution in [1.29, 1.82) is 0 Å². The van der Waals surface area contributed by atoms with E-state index in [2.05, 4.69) is 0 Å². The van der Waals surface area contributed by atoms with Crippen molar-refractivity contribution >= 4 is 39.2 Å². The van der Waals surface area contributed by atoms with Crippen LogP contribution in [0.5, 0.6) is 0 Å². The molecule has 0 saturated heterocycles. The Balaban J connectivity index is 2.01. The second kappa shape index (κ2) is 6.89. The lowest BCUT2D eigenvalue weighted by molar-refractivity contribution is 0.0601. The third-order valence-corrected chi connectivity index (χ3v) is 4.91. The number of carbonyl (C=O) groups excluding carboxylic acids is 1. The third-order valence-electron chi connectivity index (χ3n) is 4.66. The molecule has 0 amide bonds. The zero-order chi connectivity index (χ0) is 19.0. The zero-order valence-electron chi connectivity index (χ0n) is 14.6. The lowest BCUT2D eigenvalue weighted by Crippen LogP contribution is -2.21. The number of ether oxygens (including phenoxy) is 1. The van der Waals surface area contributed by atoms with Crippen LogP contribution in [0.25, 0.3) is 21.7 Å². The molecule has 0 bridgehead atoms. The number of hydrogen-bond acceptors (Lipinski definition) is 3. The summed E-state index contributed by atoms with van der Waals surface area (Å²) >= 11 is 5.97. The molecule has 4 aromatic rings. The van der Waals surface area contributed by atoms with Crippen molar-refractivity contribution in [3.05, 3.63) is 93.2 Å². The van der Waals surface area contributed by atoms with E-state index < -0.39 is 5.97 Å². The normalized spacial score (nSPS) is 11.0. The van der Waals surface area contributed by atoms with Gasteiger partial charge in [0.05, 0.1) is 24.7 Å². The number of halogens is 1. The molecule has 27 heavy (non-hydrogen) atoms. The molecule has 0 atom stereocenters. The predicted octanol–water partition coefficient (Wildman–Crippen LogP) is 4.64. The molecule has 0 fully saturated rings. The summed E-state index contributed by atoms with van der Waals surface area (Å²) in [6, 6.07) is 20.1. The van der Waals surface area contributed by atoms with E-state index in [4.69, 9.17) is 16.3 Å². The van der Waals surface area contributed by atoms with Gasteiger partial charge in [-0.3, -0.25) is 4.79 Å². The third kappa shape index (κ3) is 3.09. The molecule has 0 N–H and O–H groups in total. The lowest BCUT2D eigenvalue weighted by Gasteiger charge is -2.14. The Morgan fingerprint density at radius 2 is 1.67 bits per heavy atom. The maximum Gasteiger partial charge on any atom is 0.337 e. The van der Waals surface area contributed by atoms with Crippen LogP contribution in [0.15, 0.2) is 71.5 Å². The highest BCUT2D eigenvalue weighted by Crippen LogP contribution is 2.25. The second-order valence-electron chi connectivity index (χ2n) is 6.29. The number of carbonyl (C=O) groups is 1. The van der Waals surface area contributed by atoms with Crippen molar-refractivity contribution < 1.29 is 9.53 Å². The van der Waals surface area contributed by atoms with Gasteiger partial charge in [0.2, 0.25) is 0 Å². The highest BCUT2D eigenvalue weighted by molar-refractivity contribution is 6.30. The molecule has 0 spiro atoms. The summed E-state index contributed by atoms with van der Waals surface area (Å²) in [6.45, 7) is 0.412. The van der Waals surface area contributed by atoms with Crippen LogP contribution in [0.1, 0.15) is 15.9 Å². The molecular formula is C22H16ClNO3. The van der Waals surface area contributed by atoms with Crippen LogP contribution in [-0.2, 0) is 11.3 Å². The fourth-order valence-corrected chi connectivity index (χ4v) is 3.45. The van der Waals surface area contributed by atoms with Crippen LogP contribution in [0.3, 0.4) is 0 Å². The molecule has 0 unspecified atom stereocenters. The van der Waals surface area contributed by atoms with Gasteiger partial charge >= 0.3 is 5.97 Å². The molecule has 0 aliphatic heterocycles. The van der Waals surface area contributed by atoms with E-state index >= 15 is 0 Å². The number of aromatic nitrogens is 1. The number of methoxy groups -OCH3 is 1. The van der Waals surface area contributed by atoms with E-state index in [1.807, 2.05) is 30.3 Å². The van der Waals surface area contributed by atoms with Crippen molar-refractivity contribution in [2.75, 3.05) is 7.11 Å². The molecule has 3 aromatic carbocycles. The molecule has 0 saturated carbocycles. The minimum absolute atomic E-state index is 0.0705. The molecule has 4 rings (SSSR count). The van der Waals surface area contributed by atoms with Crippen LogP contribution in [0.2, 0.25) is 5.02 Å². The summed E-state index contributed by atoms with van der Waals surface area (Å²) in [4.78, 5) is 25.1. The Bertz CT molecular complexity index is 1230. The molecule has 1 aromatic heterocycles. The molecule has 0 radical (unpaired) electrons. The average Bonchev–Trinajstić information content (AvgIpc) is 2.71. The van der Waals surface area contributed by atoms with E-state index in [1.165, 1.54) is 7.11 Å². The Labute approximate surface area is 160 Å². The Morgan fingerprint density at radius 1 is 0.963 bits per heavy atom. The molecular weight excluding hydrogens is 362 g/mol. The smallest absolute Gasteiger partial charge is 0.337 e. The highest BCUT2D eigenvalue weighted by atomic mass is 35.5. The highest BCUT2D eigenvalue weighted by Gasteiger charge is 2.14. The fraction of sp³-hybridized carbons (Fsp3) is 0.0909. The van der Waals surface area contributed by atoms with Crippen molar-refractivity contribution in [3.8, 4) is 0 Å². The lowest BCUT2D eigenvalue weighted by atomic mass is 10.0. The quantitative estimate of drug-likeness (QED) is 0.386. The first kappa shape index (κ1) is 17.3. The number of benzene rings is 3. The van der Waals surface area contributed by atoms with Gasteiger partial charge in [0.15, 0.2) is 0 Å². The van der Waals surface area contributed by atoms with Crippen molar-refractivity contribution in [2.24, 2.45) is 0 Å². The van der Waals surface area contributed by atoms with Crippen molar-refractivity contribution in [1.82, 2.24) is 4.57 Å². The topological polar surface area (TPSA) is 48.3 Å². The van der Waals surface area contributed by atoms with Gasteiger partial charge in [0.25, 0.3) is 5.56 Å². The van der Waals surface area contributed by atoms with Gasteiger partial charge in [-0.05, 0) is 47.3 Å². The minimum atomic E-state index is -0.406. The molecule has 4 nitrogen and oxygen atoms in total. The number of pyridine rings is 1. The standard InChI is InChI=1S/C22H16ClNO3/c1-27-22(26)15-8-11-20-19(12-15)17-4-2-3-5-18(17)21(25)24(20)13-14-6-9-16(23)10-7-14/h2-12H,13H2,1H3. The first-order valence-corrected chi connectivity index (χ1v) is 8.84. The molecule has 0 aliphatic rings. The van der Waals surface area contributed by atoms with Crippen LogP contribution in [0, 0.1) is 0 Å². The number of fused-ring (bicyclic) bond motifs is 3. The van der Waals surface area contributed by atoms with Crippen LogP contribution < -0.4 is 5.56 Å². The molecule has 134 valence electrons. The summed E-state index contributed by atoms with van der Waals surface area (Å²) in [5.41, 5.74) is 2.11. The van der Waals surface area contributed by atoms with Crippen LogP contribution in [-0.4, -0.2) is 17.6 Å². The predicted molar refractivity (Wildman–Crippen MR) is 108 cm³/mol. The van der Waals surface area contributed by atoms with Crippen molar-refractivity contribution in [2.45, 2.75) is 6.54 Å². The SMILES string of the molecule is COC(=O)c1ccc2c(c1)c1ccccc1c(=O)n2Cc1ccc(Cl)cc1. The van der Waals surface area contributed by atoms with Gasteiger partial charge in [-0.2, -0.15) is 0 Å². The van der Waals surface area contributed by atoms with E-state index in [0.29, 0.717) is 22.5 Å². The summed E-state index contributed by atoms with van der Waals surface area (Å²) in [5, 5.41) is 2.91. The Hall–Kier alpha value is -3.11. The summed E-state index contributed by atoms with van der Waals surface area (Å²) in [7, 11) is 1.35. The largest absolute Gasteiger partial charge is 0.465 e. The number of hydrogen-bond donors (Lipinski definition) is 0. The summed E-state index contributed by atoms with van der Waals surface area (Å²) < 4.78 is 6.56. The van der Waals surface area contributed by atoms with Gasteiger partial charge in [0, 0.05) is 15.8 Å². The van der Waals surface area contributed by atoms with Gasteiger partial charge in [0.1, 0.15) is 0 Å². The maximum absolute atomic E-state index is 13.1. The van der Waals surface area contributed by atoms with Gasteiger partial charge in [-0.1, -0.05) is 41.9 Å². The van der Waals surface area contributed by atoms with E-state index in [9.17, 15) is 9.59 Å². The maximum atomic E-state index is 13.1. The molecule has 1 heterocycles. The first-order chi connectivity index (χ1) is 13.1. The van der Waals surface area contributed by atoms with E-state index in [0.717, 1.165) is 21.9 Å². The summed E-state index contributed by atoms with van der Waals surface area (Å²) in [5.74, 6) is -0.406. The number of nitrogens with zero attached hydrogens (tertiary/aromatic N) is 1. The number of esters is 1. The minimum Gasteiger partial charge on any atom is -0.465 e. The Kier molecular flexibility index (Phi) is 4.42. The fourth-order valence-electron chi connectivity index (χ4n) is 3.32. The number of rotatable bonds is 3. The van der Waals surface area contributed by atoms with Crippen LogP contribution >= 0.6 is 11.6 Å². The second-order valence-corrected chi connectivity index (χ2v) is 6.72. The van der Waals surface area contributed by atoms with Gasteiger partial charge in [-0.25, -0.2) is 4.79 Å². The van der Waals surface area contributed by atoms with Crippen LogP contribution in [0.4, 0.5) is 0 Å². The Morgan fingerprint density at radius 3 is 2.37 bits per heavy atom. The van der Waals surface area contributed by atoms with Crippen molar-refractivity contribution in [3.63, 3.8) is 0 Å². The zero-order valence-corrected chi connectivity index (χ0v) is 15.4. The van der Waals surface area contributed by atoms with Gasteiger partial charge < -0.3 is 9.30 Å². The average molecular weight is 378 g/mol. The van der Waals surface area contributed by atoms with Gasteiger partial charge in [-0.15, -0.1) is 0 Å².